The molecule has 0 unspecified atom stereocenters. The molecule has 1 fully saturated rings. The van der Waals surface area contributed by atoms with Crippen molar-refractivity contribution in [1.29, 1.82) is 0 Å². The molecule has 1 aliphatic rings. The normalized spacial score (nSPS) is 14.0. The van der Waals surface area contributed by atoms with Gasteiger partial charge in [-0.25, -0.2) is 9.37 Å². The van der Waals surface area contributed by atoms with Crippen LogP contribution in [-0.2, 0) is 7.05 Å². The summed E-state index contributed by atoms with van der Waals surface area (Å²) in [5.41, 5.74) is 2.06. The molecule has 0 aliphatic carbocycles. The van der Waals surface area contributed by atoms with Crippen LogP contribution in [0.1, 0.15) is 29.6 Å². The lowest BCUT2D eigenvalue weighted by Crippen LogP contribution is -2.35. The third-order valence-electron chi connectivity index (χ3n) is 4.96. The monoisotopic (exact) mass is 422 g/mol. The van der Waals surface area contributed by atoms with Gasteiger partial charge in [-0.2, -0.15) is 0 Å². The Bertz CT molecular complexity index is 1010. The van der Waals surface area contributed by atoms with E-state index in [0.717, 1.165) is 36.8 Å². The number of nitrogens with one attached hydrogen (secondary N) is 1. The van der Waals surface area contributed by atoms with Gasteiger partial charge in [0, 0.05) is 43.6 Å². The zero-order chi connectivity index (χ0) is 19.0. The zero-order valence-corrected chi connectivity index (χ0v) is 17.0. The van der Waals surface area contributed by atoms with Crippen molar-refractivity contribution in [2.24, 2.45) is 7.05 Å². The smallest absolute Gasteiger partial charge is 0.257 e. The van der Waals surface area contributed by atoms with Crippen LogP contribution in [0.3, 0.4) is 0 Å². The van der Waals surface area contributed by atoms with E-state index in [1.54, 1.807) is 12.3 Å². The second-order valence-electron chi connectivity index (χ2n) is 6.82. The van der Waals surface area contributed by atoms with Gasteiger partial charge in [0.25, 0.3) is 5.91 Å². The number of piperidine rings is 1. The van der Waals surface area contributed by atoms with Crippen LogP contribution in [0.15, 0.2) is 36.7 Å². The Morgan fingerprint density at radius 3 is 2.68 bits per heavy atom. The molecule has 1 aromatic carbocycles. The van der Waals surface area contributed by atoms with Crippen molar-refractivity contribution in [3.05, 3.63) is 53.1 Å². The topological polar surface area (TPSA) is 50.2 Å². The number of hydrogen-bond donors (Lipinski definition) is 1. The number of halogens is 3. The first-order valence-corrected chi connectivity index (χ1v) is 9.38. The van der Waals surface area contributed by atoms with Crippen LogP contribution in [0, 0.1) is 5.82 Å². The summed E-state index contributed by atoms with van der Waals surface area (Å²) in [6.07, 6.45) is 6.78. The number of amides is 1. The number of likely N-dealkylation sites (tertiary alicyclic amines) is 1. The van der Waals surface area contributed by atoms with Crippen molar-refractivity contribution >= 4 is 52.3 Å². The molecule has 4 rings (SSSR count). The molecule has 0 radical (unpaired) electrons. The summed E-state index contributed by atoms with van der Waals surface area (Å²) in [7, 11) is 1.91. The molecule has 8 heteroatoms. The number of hydrogen-bond acceptors (Lipinski definition) is 3. The number of anilines is 2. The van der Waals surface area contributed by atoms with E-state index in [1.165, 1.54) is 18.6 Å². The van der Waals surface area contributed by atoms with Crippen molar-refractivity contribution in [3.8, 4) is 0 Å². The highest BCUT2D eigenvalue weighted by atomic mass is 35.5. The summed E-state index contributed by atoms with van der Waals surface area (Å²) >= 11 is 5.87. The first-order valence-electron chi connectivity index (χ1n) is 9.00. The van der Waals surface area contributed by atoms with Gasteiger partial charge in [-0.3, -0.25) is 4.79 Å². The summed E-state index contributed by atoms with van der Waals surface area (Å²) in [6, 6.07) is 6.34. The number of fused-ring (bicyclic) bond motifs is 1. The standard InChI is InChI=1S/C20H20ClFN4O.ClH/c1-25-10-7-14-18(25)15(20(27)26-8-3-2-4-9-26)12-23-19(14)24-13-5-6-17(22)16(21)11-13;/h5-7,10-12H,2-4,8-9H2,1H3,(H,23,24);1H. The van der Waals surface area contributed by atoms with Crippen molar-refractivity contribution < 1.29 is 9.18 Å². The number of pyridine rings is 1. The van der Waals surface area contributed by atoms with Gasteiger partial charge in [-0.1, -0.05) is 11.6 Å². The van der Waals surface area contributed by atoms with E-state index >= 15 is 0 Å². The Labute approximate surface area is 173 Å². The lowest BCUT2D eigenvalue weighted by molar-refractivity contribution is 0.0725. The van der Waals surface area contributed by atoms with E-state index in [0.29, 0.717) is 17.1 Å². The van der Waals surface area contributed by atoms with Crippen LogP contribution >= 0.6 is 24.0 Å². The molecular formula is C20H21Cl2FN4O. The van der Waals surface area contributed by atoms with Crippen LogP contribution in [0.4, 0.5) is 15.9 Å². The SMILES string of the molecule is Cl.Cn1ccc2c(Nc3ccc(F)c(Cl)c3)ncc(C(=O)N3CCCCC3)c21. The Kier molecular flexibility index (Phi) is 6.10. The van der Waals surface area contributed by atoms with Crippen molar-refractivity contribution in [2.75, 3.05) is 18.4 Å². The van der Waals surface area contributed by atoms with Crippen LogP contribution < -0.4 is 5.32 Å². The molecule has 1 amide bonds. The van der Waals surface area contributed by atoms with Gasteiger partial charge in [-0.05, 0) is 43.5 Å². The van der Waals surface area contributed by atoms with Crippen LogP contribution in [0.2, 0.25) is 5.02 Å². The maximum absolute atomic E-state index is 13.4. The molecule has 2 aromatic heterocycles. The Balaban J connectivity index is 0.00000225. The Hall–Kier alpha value is -2.31. The van der Waals surface area contributed by atoms with E-state index in [4.69, 9.17) is 11.6 Å². The first-order chi connectivity index (χ1) is 13.0. The number of benzene rings is 1. The van der Waals surface area contributed by atoms with Crippen molar-refractivity contribution in [3.63, 3.8) is 0 Å². The number of carbonyl (C=O) groups excluding carboxylic acids is 1. The number of aryl methyl sites for hydroxylation is 1. The predicted molar refractivity (Wildman–Crippen MR) is 112 cm³/mol. The third kappa shape index (κ3) is 3.80. The second-order valence-corrected chi connectivity index (χ2v) is 7.22. The Morgan fingerprint density at radius 2 is 1.96 bits per heavy atom. The van der Waals surface area contributed by atoms with Gasteiger partial charge in [0.1, 0.15) is 11.6 Å². The second kappa shape index (κ2) is 8.37. The lowest BCUT2D eigenvalue weighted by Gasteiger charge is -2.27. The maximum Gasteiger partial charge on any atom is 0.257 e. The van der Waals surface area contributed by atoms with E-state index in [9.17, 15) is 9.18 Å². The third-order valence-corrected chi connectivity index (χ3v) is 5.25. The van der Waals surface area contributed by atoms with E-state index in [-0.39, 0.29) is 23.3 Å². The molecule has 0 spiro atoms. The minimum Gasteiger partial charge on any atom is -0.350 e. The highest BCUT2D eigenvalue weighted by Crippen LogP contribution is 2.30. The van der Waals surface area contributed by atoms with Gasteiger partial charge in [0.15, 0.2) is 0 Å². The highest BCUT2D eigenvalue weighted by molar-refractivity contribution is 6.31. The number of rotatable bonds is 3. The molecular weight excluding hydrogens is 402 g/mol. The number of aromatic nitrogens is 2. The van der Waals surface area contributed by atoms with Crippen LogP contribution in [-0.4, -0.2) is 33.4 Å². The molecule has 0 atom stereocenters. The van der Waals surface area contributed by atoms with E-state index < -0.39 is 5.82 Å². The average molecular weight is 423 g/mol. The fraction of sp³-hybridized carbons (Fsp3) is 0.300. The minimum absolute atomic E-state index is 0. The summed E-state index contributed by atoms with van der Waals surface area (Å²) in [6.45, 7) is 1.58. The average Bonchev–Trinajstić information content (AvgIpc) is 3.08. The molecule has 28 heavy (non-hydrogen) atoms. The lowest BCUT2D eigenvalue weighted by atomic mass is 10.1. The van der Waals surface area contributed by atoms with Crippen molar-refractivity contribution in [1.82, 2.24) is 14.5 Å². The fourth-order valence-corrected chi connectivity index (χ4v) is 3.73. The molecule has 1 N–H and O–H groups in total. The molecule has 3 aromatic rings. The quantitative estimate of drug-likeness (QED) is 0.634. The highest BCUT2D eigenvalue weighted by Gasteiger charge is 2.23. The van der Waals surface area contributed by atoms with Gasteiger partial charge in [0.05, 0.1) is 16.1 Å². The summed E-state index contributed by atoms with van der Waals surface area (Å²) in [5.74, 6) is 0.149. The summed E-state index contributed by atoms with van der Waals surface area (Å²) in [5, 5.41) is 4.05. The largest absolute Gasteiger partial charge is 0.350 e. The zero-order valence-electron chi connectivity index (χ0n) is 15.4. The Morgan fingerprint density at radius 1 is 1.21 bits per heavy atom. The minimum atomic E-state index is -0.470. The molecule has 3 heterocycles. The van der Waals surface area contributed by atoms with Crippen LogP contribution in [0.25, 0.3) is 10.9 Å². The molecule has 1 saturated heterocycles. The summed E-state index contributed by atoms with van der Waals surface area (Å²) in [4.78, 5) is 19.4. The maximum atomic E-state index is 13.4. The molecule has 1 aliphatic heterocycles. The molecule has 0 saturated carbocycles. The van der Waals surface area contributed by atoms with Crippen LogP contribution in [0.5, 0.6) is 0 Å². The van der Waals surface area contributed by atoms with Gasteiger partial charge >= 0.3 is 0 Å². The molecule has 0 bridgehead atoms. The number of carbonyl (C=O) groups is 1. The number of nitrogens with zero attached hydrogens (tertiary/aromatic N) is 3. The van der Waals surface area contributed by atoms with Gasteiger partial charge in [-0.15, -0.1) is 12.4 Å². The molecule has 148 valence electrons. The molecule has 5 nitrogen and oxygen atoms in total. The fourth-order valence-electron chi connectivity index (χ4n) is 3.55. The van der Waals surface area contributed by atoms with Crippen molar-refractivity contribution in [2.45, 2.75) is 19.3 Å². The first kappa shape index (κ1) is 20.4. The predicted octanol–water partition coefficient (Wildman–Crippen LogP) is 5.16. The van der Waals surface area contributed by atoms with E-state index in [1.807, 2.05) is 28.8 Å². The van der Waals surface area contributed by atoms with E-state index in [2.05, 4.69) is 10.3 Å². The summed E-state index contributed by atoms with van der Waals surface area (Å²) < 4.78 is 15.3. The van der Waals surface area contributed by atoms with Gasteiger partial charge in [0.2, 0.25) is 0 Å². The van der Waals surface area contributed by atoms with Gasteiger partial charge < -0.3 is 14.8 Å².